The summed E-state index contributed by atoms with van der Waals surface area (Å²) in [6.45, 7) is 8.14. The molecule has 0 unspecified atom stereocenters. The molecular weight excluding hydrogens is 354 g/mol. The van der Waals surface area contributed by atoms with E-state index in [2.05, 4.69) is 17.2 Å². The number of aromatic nitrogens is 2. The number of aryl methyl sites for hydroxylation is 1. The molecule has 2 heterocycles. The van der Waals surface area contributed by atoms with Crippen LogP contribution in [0.25, 0.3) is 0 Å². The van der Waals surface area contributed by atoms with Gasteiger partial charge in [0.1, 0.15) is 6.54 Å². The fraction of sp³-hybridized carbons (Fsp3) is 0.500. The highest BCUT2D eigenvalue weighted by molar-refractivity contribution is 5.96. The molecule has 1 aromatic heterocycles. The summed E-state index contributed by atoms with van der Waals surface area (Å²) in [5.41, 5.74) is 2.33. The zero-order chi connectivity index (χ0) is 20.5. The predicted octanol–water partition coefficient (Wildman–Crippen LogP) is 2.54. The number of rotatable bonds is 5. The Labute approximate surface area is 166 Å². The highest BCUT2D eigenvalue weighted by atomic mass is 16.3. The first kappa shape index (κ1) is 20.3. The third kappa shape index (κ3) is 4.17. The smallest absolute Gasteiger partial charge is 0.244 e. The second-order valence-corrected chi connectivity index (χ2v) is 8.09. The van der Waals surface area contributed by atoms with E-state index >= 15 is 0 Å². The third-order valence-electron chi connectivity index (χ3n) is 5.90. The number of hydrogen-bond donors (Lipinski definition) is 1. The lowest BCUT2D eigenvalue weighted by Crippen LogP contribution is -2.53. The molecule has 1 aliphatic rings. The van der Waals surface area contributed by atoms with Crippen molar-refractivity contribution >= 4 is 11.7 Å². The second kappa shape index (κ2) is 7.87. The number of piperidine rings is 1. The molecule has 0 aliphatic carbocycles. The van der Waals surface area contributed by atoms with E-state index in [0.717, 1.165) is 17.7 Å². The Kier molecular flexibility index (Phi) is 5.70. The zero-order valence-electron chi connectivity index (χ0n) is 17.1. The van der Waals surface area contributed by atoms with Crippen molar-refractivity contribution in [3.8, 4) is 0 Å². The number of ketones is 1. The Morgan fingerprint density at radius 1 is 1.25 bits per heavy atom. The van der Waals surface area contributed by atoms with Crippen LogP contribution in [0.4, 0.5) is 0 Å². The summed E-state index contributed by atoms with van der Waals surface area (Å²) in [5.74, 6) is -0.0965. The summed E-state index contributed by atoms with van der Waals surface area (Å²) < 4.78 is 1.62. The van der Waals surface area contributed by atoms with Crippen molar-refractivity contribution < 1.29 is 14.7 Å². The molecule has 1 aliphatic heterocycles. The summed E-state index contributed by atoms with van der Waals surface area (Å²) >= 11 is 0. The van der Waals surface area contributed by atoms with Gasteiger partial charge < -0.3 is 10.0 Å². The van der Waals surface area contributed by atoms with Crippen molar-refractivity contribution in [1.82, 2.24) is 14.7 Å². The van der Waals surface area contributed by atoms with Crippen LogP contribution in [0.2, 0.25) is 0 Å². The molecule has 28 heavy (non-hydrogen) atoms. The molecule has 1 saturated heterocycles. The molecule has 1 fully saturated rings. The van der Waals surface area contributed by atoms with Gasteiger partial charge in [-0.3, -0.25) is 14.3 Å². The molecular formula is C22H29N3O3. The molecule has 6 nitrogen and oxygen atoms in total. The number of amides is 1. The molecule has 2 atom stereocenters. The van der Waals surface area contributed by atoms with Crippen LogP contribution in [-0.2, 0) is 17.8 Å². The van der Waals surface area contributed by atoms with Crippen molar-refractivity contribution in [1.29, 1.82) is 0 Å². The van der Waals surface area contributed by atoms with Crippen LogP contribution in [0.5, 0.6) is 0 Å². The average Bonchev–Trinajstić information content (AvgIpc) is 2.91. The van der Waals surface area contributed by atoms with Gasteiger partial charge in [-0.05, 0) is 46.1 Å². The van der Waals surface area contributed by atoms with Gasteiger partial charge in [0.25, 0.3) is 0 Å². The highest BCUT2D eigenvalue weighted by Gasteiger charge is 2.39. The van der Waals surface area contributed by atoms with E-state index in [4.69, 9.17) is 0 Å². The van der Waals surface area contributed by atoms with E-state index < -0.39 is 5.60 Å². The van der Waals surface area contributed by atoms with Gasteiger partial charge in [-0.15, -0.1) is 0 Å². The minimum Gasteiger partial charge on any atom is -0.390 e. The van der Waals surface area contributed by atoms with Gasteiger partial charge in [0.05, 0.1) is 16.9 Å². The Morgan fingerprint density at radius 2 is 1.93 bits per heavy atom. The van der Waals surface area contributed by atoms with Crippen LogP contribution in [0, 0.1) is 19.8 Å². The summed E-state index contributed by atoms with van der Waals surface area (Å²) in [5, 5.41) is 15.2. The van der Waals surface area contributed by atoms with Crippen LogP contribution in [0.3, 0.4) is 0 Å². The standard InChI is InChI=1S/C22H29N3O3/c1-15-21(17(3)26)16(2)25(23-15)14-20(27)24-11-10-22(4,28)19(13-24)12-18-8-6-5-7-9-18/h5-9,19,28H,10-14H2,1-4H3/t19-,22+/m0/s1. The lowest BCUT2D eigenvalue weighted by molar-refractivity contribution is -0.139. The highest BCUT2D eigenvalue weighted by Crippen LogP contribution is 2.30. The fourth-order valence-corrected chi connectivity index (χ4v) is 4.12. The van der Waals surface area contributed by atoms with Crippen molar-refractivity contribution in [3.05, 3.63) is 52.8 Å². The van der Waals surface area contributed by atoms with Crippen LogP contribution in [0.1, 0.15) is 47.6 Å². The molecule has 0 bridgehead atoms. The summed E-state index contributed by atoms with van der Waals surface area (Å²) in [7, 11) is 0. The molecule has 0 spiro atoms. The van der Waals surface area contributed by atoms with E-state index in [1.807, 2.05) is 36.9 Å². The molecule has 1 aromatic carbocycles. The van der Waals surface area contributed by atoms with Crippen LogP contribution >= 0.6 is 0 Å². The van der Waals surface area contributed by atoms with Crippen molar-refractivity contribution in [2.75, 3.05) is 13.1 Å². The van der Waals surface area contributed by atoms with Crippen LogP contribution in [0.15, 0.2) is 30.3 Å². The fourth-order valence-electron chi connectivity index (χ4n) is 4.12. The van der Waals surface area contributed by atoms with E-state index in [1.165, 1.54) is 6.92 Å². The lowest BCUT2D eigenvalue weighted by atomic mass is 9.79. The van der Waals surface area contributed by atoms with E-state index in [-0.39, 0.29) is 24.2 Å². The minimum absolute atomic E-state index is 0.0270. The molecule has 1 amide bonds. The number of nitrogens with zero attached hydrogens (tertiary/aromatic N) is 3. The zero-order valence-corrected chi connectivity index (χ0v) is 17.1. The van der Waals surface area contributed by atoms with Gasteiger partial charge in [-0.1, -0.05) is 30.3 Å². The Bertz CT molecular complexity index is 871. The first-order valence-electron chi connectivity index (χ1n) is 9.78. The molecule has 3 rings (SSSR count). The lowest BCUT2D eigenvalue weighted by Gasteiger charge is -2.43. The molecule has 6 heteroatoms. The maximum atomic E-state index is 12.9. The number of carbonyl (C=O) groups is 2. The number of likely N-dealkylation sites (tertiary alicyclic amines) is 1. The number of Topliss-reactive ketones (excluding diaryl/α,β-unsaturated/α-hetero) is 1. The number of benzene rings is 1. The van der Waals surface area contributed by atoms with Gasteiger partial charge >= 0.3 is 0 Å². The molecule has 150 valence electrons. The minimum atomic E-state index is -0.799. The maximum Gasteiger partial charge on any atom is 0.244 e. The topological polar surface area (TPSA) is 75.4 Å². The monoisotopic (exact) mass is 383 g/mol. The van der Waals surface area contributed by atoms with Crippen LogP contribution < -0.4 is 0 Å². The maximum absolute atomic E-state index is 12.9. The third-order valence-corrected chi connectivity index (χ3v) is 5.90. The molecule has 1 N–H and O–H groups in total. The Morgan fingerprint density at radius 3 is 2.54 bits per heavy atom. The summed E-state index contributed by atoms with van der Waals surface area (Å²) in [4.78, 5) is 26.5. The summed E-state index contributed by atoms with van der Waals surface area (Å²) in [6.07, 6.45) is 1.28. The average molecular weight is 383 g/mol. The molecule has 0 saturated carbocycles. The number of hydrogen-bond acceptors (Lipinski definition) is 4. The Balaban J connectivity index is 1.72. The quantitative estimate of drug-likeness (QED) is 0.805. The van der Waals surface area contributed by atoms with Gasteiger partial charge in [-0.2, -0.15) is 5.10 Å². The van der Waals surface area contributed by atoms with E-state index in [1.54, 1.807) is 11.6 Å². The number of aliphatic hydroxyl groups is 1. The van der Waals surface area contributed by atoms with Crippen LogP contribution in [-0.4, -0.2) is 50.2 Å². The van der Waals surface area contributed by atoms with E-state index in [0.29, 0.717) is 30.8 Å². The Hall–Kier alpha value is -2.47. The summed E-state index contributed by atoms with van der Waals surface area (Å²) in [6, 6.07) is 10.1. The van der Waals surface area contributed by atoms with Crippen molar-refractivity contribution in [2.24, 2.45) is 5.92 Å². The van der Waals surface area contributed by atoms with E-state index in [9.17, 15) is 14.7 Å². The SMILES string of the molecule is CC(=O)c1c(C)nn(CC(=O)N2CC[C@@](C)(O)[C@@H](Cc3ccccc3)C2)c1C. The first-order chi connectivity index (χ1) is 13.2. The molecule has 0 radical (unpaired) electrons. The van der Waals surface area contributed by atoms with Crippen molar-refractivity contribution in [2.45, 2.75) is 52.7 Å². The normalized spacial score (nSPS) is 22.3. The van der Waals surface area contributed by atoms with Gasteiger partial charge in [-0.25, -0.2) is 0 Å². The van der Waals surface area contributed by atoms with Crippen molar-refractivity contribution in [3.63, 3.8) is 0 Å². The van der Waals surface area contributed by atoms with Gasteiger partial charge in [0.15, 0.2) is 5.78 Å². The van der Waals surface area contributed by atoms with Gasteiger partial charge in [0, 0.05) is 24.7 Å². The second-order valence-electron chi connectivity index (χ2n) is 8.09. The predicted molar refractivity (Wildman–Crippen MR) is 107 cm³/mol. The first-order valence-corrected chi connectivity index (χ1v) is 9.78. The number of carbonyl (C=O) groups excluding carboxylic acids is 2. The molecule has 2 aromatic rings. The van der Waals surface area contributed by atoms with Gasteiger partial charge in [0.2, 0.25) is 5.91 Å². The largest absolute Gasteiger partial charge is 0.390 e.